The van der Waals surface area contributed by atoms with Gasteiger partial charge in [0.15, 0.2) is 0 Å². The Morgan fingerprint density at radius 3 is 2.52 bits per heavy atom. The summed E-state index contributed by atoms with van der Waals surface area (Å²) in [5.41, 5.74) is 3.60. The summed E-state index contributed by atoms with van der Waals surface area (Å²) in [5.74, 6) is -0.404. The molecule has 1 fully saturated rings. The van der Waals surface area contributed by atoms with Gasteiger partial charge in [0.05, 0.1) is 25.9 Å². The van der Waals surface area contributed by atoms with Crippen LogP contribution in [0.4, 0.5) is 5.69 Å². The molecular formula is C21H26N2O5S. The minimum atomic E-state index is -2.10. The lowest BCUT2D eigenvalue weighted by Crippen LogP contribution is -2.37. The van der Waals surface area contributed by atoms with Crippen LogP contribution >= 0.6 is 0 Å². The zero-order valence-corrected chi connectivity index (χ0v) is 17.3. The monoisotopic (exact) mass is 418 g/mol. The fraction of sp³-hybridized carbons (Fsp3) is 0.381. The lowest BCUT2D eigenvalue weighted by Gasteiger charge is -2.31. The topological polar surface area (TPSA) is 79.3 Å². The summed E-state index contributed by atoms with van der Waals surface area (Å²) in [4.78, 5) is 13.8. The number of carbonyl (C=O) groups is 1. The van der Waals surface area contributed by atoms with E-state index in [1.807, 2.05) is 12.1 Å². The molecule has 1 aliphatic heterocycles. The molecule has 0 saturated carbocycles. The summed E-state index contributed by atoms with van der Waals surface area (Å²) in [5, 5.41) is 0. The molecule has 1 aliphatic rings. The van der Waals surface area contributed by atoms with Crippen LogP contribution in [-0.4, -0.2) is 59.0 Å². The number of ether oxygens (including phenoxy) is 2. The van der Waals surface area contributed by atoms with E-state index in [4.69, 9.17) is 9.47 Å². The predicted octanol–water partition coefficient (Wildman–Crippen LogP) is 2.49. The molecule has 7 nitrogen and oxygen atoms in total. The first-order chi connectivity index (χ1) is 14.1. The maximum Gasteiger partial charge on any atom is 0.337 e. The third-order valence-corrected chi connectivity index (χ3v) is 5.68. The Bertz CT molecular complexity index is 837. The van der Waals surface area contributed by atoms with Gasteiger partial charge < -0.3 is 14.4 Å². The van der Waals surface area contributed by atoms with Crippen LogP contribution in [0.5, 0.6) is 0 Å². The van der Waals surface area contributed by atoms with Gasteiger partial charge in [0.25, 0.3) is 0 Å². The molecule has 0 spiro atoms. The zero-order chi connectivity index (χ0) is 20.6. The Morgan fingerprint density at radius 2 is 1.86 bits per heavy atom. The van der Waals surface area contributed by atoms with Crippen LogP contribution in [0.25, 0.3) is 0 Å². The van der Waals surface area contributed by atoms with E-state index in [0.29, 0.717) is 38.3 Å². The van der Waals surface area contributed by atoms with Crippen molar-refractivity contribution in [2.45, 2.75) is 13.0 Å². The molecule has 1 saturated heterocycles. The number of carbonyl (C=O) groups excluding carboxylic acids is 1. The van der Waals surface area contributed by atoms with Crippen molar-refractivity contribution in [1.82, 2.24) is 4.31 Å². The number of para-hydroxylation sites is 1. The van der Waals surface area contributed by atoms with Crippen LogP contribution in [0.2, 0.25) is 0 Å². The van der Waals surface area contributed by atoms with Crippen LogP contribution in [0.15, 0.2) is 48.5 Å². The standard InChI is InChI=1S/C21H26N2O5S/c1-27-21(24)19-8-6-17(7-9-19)16-23(29(25)26)11-10-18-4-2-3-5-20(18)22-12-14-28-15-13-22/h2-9H,10-16H2,1H3,(H,25,26). The van der Waals surface area contributed by atoms with Crippen molar-refractivity contribution in [3.05, 3.63) is 65.2 Å². The van der Waals surface area contributed by atoms with Gasteiger partial charge in [0.2, 0.25) is 11.3 Å². The molecule has 2 aromatic rings. The minimum absolute atomic E-state index is 0.310. The molecule has 0 aromatic heterocycles. The molecule has 3 rings (SSSR count). The Kier molecular flexibility index (Phi) is 7.76. The Balaban J connectivity index is 1.66. The van der Waals surface area contributed by atoms with E-state index in [1.54, 1.807) is 24.3 Å². The highest BCUT2D eigenvalue weighted by atomic mass is 32.2. The van der Waals surface area contributed by atoms with E-state index >= 15 is 0 Å². The van der Waals surface area contributed by atoms with Gasteiger partial charge in [-0.1, -0.05) is 30.3 Å². The first-order valence-corrected chi connectivity index (χ1v) is 10.6. The summed E-state index contributed by atoms with van der Waals surface area (Å²) >= 11 is -2.10. The number of methoxy groups -OCH3 is 1. The zero-order valence-electron chi connectivity index (χ0n) is 16.5. The first kappa shape index (κ1) is 21.4. The van der Waals surface area contributed by atoms with E-state index in [2.05, 4.69) is 17.0 Å². The number of rotatable bonds is 8. The summed E-state index contributed by atoms with van der Waals surface area (Å²) in [6.07, 6.45) is 0.653. The Morgan fingerprint density at radius 1 is 1.17 bits per heavy atom. The summed E-state index contributed by atoms with van der Waals surface area (Å²) in [7, 11) is 1.33. The van der Waals surface area contributed by atoms with Crippen molar-refractivity contribution in [2.24, 2.45) is 0 Å². The summed E-state index contributed by atoms with van der Waals surface area (Å²) in [6, 6.07) is 15.0. The second kappa shape index (κ2) is 10.5. The van der Waals surface area contributed by atoms with Crippen LogP contribution in [0.1, 0.15) is 21.5 Å². The van der Waals surface area contributed by atoms with Gasteiger partial charge in [-0.05, 0) is 35.7 Å². The first-order valence-electron chi connectivity index (χ1n) is 9.52. The van der Waals surface area contributed by atoms with Crippen molar-refractivity contribution in [3.63, 3.8) is 0 Å². The molecule has 29 heavy (non-hydrogen) atoms. The van der Waals surface area contributed by atoms with Crippen LogP contribution in [0, 0.1) is 0 Å². The smallest absolute Gasteiger partial charge is 0.337 e. The predicted molar refractivity (Wildman–Crippen MR) is 112 cm³/mol. The van der Waals surface area contributed by atoms with Crippen molar-refractivity contribution in [3.8, 4) is 0 Å². The van der Waals surface area contributed by atoms with Gasteiger partial charge in [-0.3, -0.25) is 4.55 Å². The molecule has 0 aliphatic carbocycles. The number of nitrogens with zero attached hydrogens (tertiary/aromatic N) is 2. The number of anilines is 1. The molecular weight excluding hydrogens is 392 g/mol. The average Bonchev–Trinajstić information content (AvgIpc) is 2.77. The average molecular weight is 419 g/mol. The molecule has 2 aromatic carbocycles. The molecule has 1 atom stereocenters. The quantitative estimate of drug-likeness (QED) is 0.524. The van der Waals surface area contributed by atoms with Gasteiger partial charge in [0, 0.05) is 31.9 Å². The molecule has 8 heteroatoms. The molecule has 1 unspecified atom stereocenters. The lowest BCUT2D eigenvalue weighted by molar-refractivity contribution is 0.0600. The van der Waals surface area contributed by atoms with Crippen molar-refractivity contribution in [1.29, 1.82) is 0 Å². The Hall–Kier alpha value is -2.26. The highest BCUT2D eigenvalue weighted by molar-refractivity contribution is 7.76. The molecule has 1 N–H and O–H groups in total. The van der Waals surface area contributed by atoms with Crippen LogP contribution < -0.4 is 4.90 Å². The summed E-state index contributed by atoms with van der Waals surface area (Å²) < 4.78 is 33.2. The number of esters is 1. The van der Waals surface area contributed by atoms with E-state index in [1.165, 1.54) is 11.4 Å². The Labute approximate surface area is 173 Å². The number of benzene rings is 2. The second-order valence-corrected chi connectivity index (χ2v) is 7.74. The van der Waals surface area contributed by atoms with E-state index in [-0.39, 0.29) is 0 Å². The minimum Gasteiger partial charge on any atom is -0.465 e. The SMILES string of the molecule is COC(=O)c1ccc(CN(CCc2ccccc2N2CCOCC2)S(=O)O)cc1. The third kappa shape index (κ3) is 5.86. The molecule has 156 valence electrons. The maximum atomic E-state index is 11.9. The van der Waals surface area contributed by atoms with Gasteiger partial charge >= 0.3 is 5.97 Å². The summed E-state index contributed by atoms with van der Waals surface area (Å²) in [6.45, 7) is 3.86. The third-order valence-electron chi connectivity index (χ3n) is 4.93. The maximum absolute atomic E-state index is 11.9. The number of hydrogen-bond donors (Lipinski definition) is 1. The normalized spacial score (nSPS) is 15.3. The van der Waals surface area contributed by atoms with Gasteiger partial charge in [-0.15, -0.1) is 0 Å². The van der Waals surface area contributed by atoms with Gasteiger partial charge in [0.1, 0.15) is 0 Å². The highest BCUT2D eigenvalue weighted by Gasteiger charge is 2.17. The largest absolute Gasteiger partial charge is 0.465 e. The van der Waals surface area contributed by atoms with Gasteiger partial charge in [-0.2, -0.15) is 4.31 Å². The molecule has 0 radical (unpaired) electrons. The lowest BCUT2D eigenvalue weighted by atomic mass is 10.1. The molecule has 0 bridgehead atoms. The van der Waals surface area contributed by atoms with Crippen LogP contribution in [-0.2, 0) is 33.7 Å². The van der Waals surface area contributed by atoms with E-state index in [9.17, 15) is 13.6 Å². The molecule has 0 amide bonds. The van der Waals surface area contributed by atoms with Crippen molar-refractivity contribution in [2.75, 3.05) is 44.9 Å². The number of hydrogen-bond acceptors (Lipinski definition) is 5. The van der Waals surface area contributed by atoms with Gasteiger partial charge in [-0.25, -0.2) is 9.00 Å². The number of morpholine rings is 1. The fourth-order valence-corrected chi connectivity index (χ4v) is 3.87. The van der Waals surface area contributed by atoms with E-state index < -0.39 is 17.2 Å². The highest BCUT2D eigenvalue weighted by Crippen LogP contribution is 2.22. The van der Waals surface area contributed by atoms with Crippen LogP contribution in [0.3, 0.4) is 0 Å². The van der Waals surface area contributed by atoms with Crippen molar-refractivity contribution >= 4 is 22.9 Å². The second-order valence-electron chi connectivity index (χ2n) is 6.76. The van der Waals surface area contributed by atoms with Crippen molar-refractivity contribution < 1.29 is 23.0 Å². The van der Waals surface area contributed by atoms with E-state index in [0.717, 1.165) is 29.9 Å². The fourth-order valence-electron chi connectivity index (χ4n) is 3.36. The molecule has 1 heterocycles.